The molecule has 0 atom stereocenters. The molecule has 0 aromatic heterocycles. The summed E-state index contributed by atoms with van der Waals surface area (Å²) >= 11 is 3.00. The van der Waals surface area contributed by atoms with E-state index in [4.69, 9.17) is 1.37 Å². The standard InChI is InChI=1S/C10H10S2/c1-3-11-9-5-7-10(8-6-9)12-4-2/h3-8H,1-2H2/i5D. The molecule has 0 heterocycles. The van der Waals surface area contributed by atoms with Gasteiger partial charge in [-0.15, -0.1) is 0 Å². The van der Waals surface area contributed by atoms with Crippen molar-refractivity contribution in [2.24, 2.45) is 0 Å². The molecule has 0 aliphatic carbocycles. The van der Waals surface area contributed by atoms with Crippen molar-refractivity contribution >= 4 is 23.5 Å². The average molecular weight is 195 g/mol. The molecule has 12 heavy (non-hydrogen) atoms. The summed E-state index contributed by atoms with van der Waals surface area (Å²) < 4.78 is 7.68. The molecule has 1 aromatic rings. The maximum atomic E-state index is 7.68. The molecule has 0 N–H and O–H groups in total. The van der Waals surface area contributed by atoms with E-state index in [0.717, 1.165) is 9.79 Å². The van der Waals surface area contributed by atoms with Gasteiger partial charge in [-0.1, -0.05) is 36.7 Å². The predicted molar refractivity (Wildman–Crippen MR) is 58.6 cm³/mol. The number of hydrogen-bond donors (Lipinski definition) is 0. The lowest BCUT2D eigenvalue weighted by Crippen LogP contribution is -1.69. The highest BCUT2D eigenvalue weighted by Crippen LogP contribution is 2.23. The fourth-order valence-corrected chi connectivity index (χ4v) is 1.65. The van der Waals surface area contributed by atoms with E-state index in [9.17, 15) is 0 Å². The first-order valence-corrected chi connectivity index (χ1v) is 5.19. The van der Waals surface area contributed by atoms with E-state index < -0.39 is 0 Å². The molecule has 0 saturated carbocycles. The normalized spacial score (nSPS) is 10.5. The van der Waals surface area contributed by atoms with Crippen LogP contribution in [-0.2, 0) is 0 Å². The first kappa shape index (κ1) is 8.02. The second kappa shape index (κ2) is 5.12. The minimum Gasteiger partial charge on any atom is -0.0987 e. The van der Waals surface area contributed by atoms with Gasteiger partial charge in [0, 0.05) is 9.79 Å². The van der Waals surface area contributed by atoms with E-state index in [1.807, 2.05) is 18.2 Å². The lowest BCUT2D eigenvalue weighted by Gasteiger charge is -1.97. The van der Waals surface area contributed by atoms with Crippen LogP contribution in [0.5, 0.6) is 0 Å². The third kappa shape index (κ3) is 2.80. The Morgan fingerprint density at radius 1 is 1.08 bits per heavy atom. The van der Waals surface area contributed by atoms with Crippen LogP contribution in [0.2, 0.25) is 0 Å². The quantitative estimate of drug-likeness (QED) is 0.662. The van der Waals surface area contributed by atoms with E-state index in [0.29, 0.717) is 6.04 Å². The summed E-state index contributed by atoms with van der Waals surface area (Å²) in [5, 5.41) is 3.49. The maximum absolute atomic E-state index is 7.68. The Morgan fingerprint density at radius 3 is 2.25 bits per heavy atom. The second-order valence-electron chi connectivity index (χ2n) is 1.96. The van der Waals surface area contributed by atoms with Crippen molar-refractivity contribution in [3.05, 3.63) is 48.2 Å². The lowest BCUT2D eigenvalue weighted by molar-refractivity contribution is 1.36. The predicted octanol–water partition coefficient (Wildman–Crippen LogP) is 4.16. The minimum atomic E-state index is 0.539. The Bertz CT molecular complexity index is 321. The molecular weight excluding hydrogens is 184 g/mol. The number of rotatable bonds is 4. The summed E-state index contributed by atoms with van der Waals surface area (Å²) in [5.74, 6) is 0. The zero-order chi connectivity index (χ0) is 9.68. The molecule has 0 saturated heterocycles. The Kier molecular flexibility index (Phi) is 3.42. The summed E-state index contributed by atoms with van der Waals surface area (Å²) in [7, 11) is 0. The van der Waals surface area contributed by atoms with Gasteiger partial charge in [0.1, 0.15) is 0 Å². The van der Waals surface area contributed by atoms with Gasteiger partial charge in [-0.2, -0.15) is 0 Å². The van der Waals surface area contributed by atoms with Crippen LogP contribution in [0.4, 0.5) is 0 Å². The van der Waals surface area contributed by atoms with Gasteiger partial charge in [-0.3, -0.25) is 0 Å². The fraction of sp³-hybridized carbons (Fsp3) is 0. The third-order valence-corrected chi connectivity index (χ3v) is 2.55. The van der Waals surface area contributed by atoms with Gasteiger partial charge >= 0.3 is 0 Å². The van der Waals surface area contributed by atoms with Crippen LogP contribution in [0.25, 0.3) is 0 Å². The van der Waals surface area contributed by atoms with E-state index in [2.05, 4.69) is 13.2 Å². The van der Waals surface area contributed by atoms with Crippen molar-refractivity contribution < 1.29 is 1.37 Å². The first-order valence-electron chi connectivity index (χ1n) is 3.93. The average Bonchev–Trinajstić information content (AvgIpc) is 2.10. The van der Waals surface area contributed by atoms with Crippen molar-refractivity contribution in [3.63, 3.8) is 0 Å². The summed E-state index contributed by atoms with van der Waals surface area (Å²) in [5.41, 5.74) is 0. The van der Waals surface area contributed by atoms with Crippen molar-refractivity contribution in [2.75, 3.05) is 0 Å². The molecule has 0 aliphatic heterocycles. The highest BCUT2D eigenvalue weighted by molar-refractivity contribution is 8.02. The third-order valence-electron chi connectivity index (χ3n) is 1.19. The Balaban J connectivity index is 2.90. The molecule has 0 aliphatic rings. The zero-order valence-electron chi connectivity index (χ0n) is 7.62. The van der Waals surface area contributed by atoms with Gasteiger partial charge in [0.05, 0.1) is 1.37 Å². The number of hydrogen-bond acceptors (Lipinski definition) is 2. The largest absolute Gasteiger partial charge is 0.0987 e. The summed E-state index contributed by atoms with van der Waals surface area (Å²) in [4.78, 5) is 1.98. The zero-order valence-corrected chi connectivity index (χ0v) is 8.25. The number of benzene rings is 1. The molecule has 1 aromatic carbocycles. The van der Waals surface area contributed by atoms with Gasteiger partial charge in [0.2, 0.25) is 0 Å². The van der Waals surface area contributed by atoms with Crippen LogP contribution in [0, 0.1) is 0 Å². The minimum absolute atomic E-state index is 0.539. The maximum Gasteiger partial charge on any atom is 0.0635 e. The highest BCUT2D eigenvalue weighted by Gasteiger charge is 1.91. The van der Waals surface area contributed by atoms with Gasteiger partial charge in [-0.05, 0) is 35.1 Å². The van der Waals surface area contributed by atoms with E-state index in [1.54, 1.807) is 10.8 Å². The molecule has 0 unspecified atom stereocenters. The van der Waals surface area contributed by atoms with E-state index in [-0.39, 0.29) is 0 Å². The molecule has 0 radical (unpaired) electrons. The van der Waals surface area contributed by atoms with Crippen molar-refractivity contribution in [1.82, 2.24) is 0 Å². The Morgan fingerprint density at radius 2 is 1.67 bits per heavy atom. The highest BCUT2D eigenvalue weighted by atomic mass is 32.2. The smallest absolute Gasteiger partial charge is 0.0635 e. The summed E-state index contributed by atoms with van der Waals surface area (Å²) in [6.45, 7) is 7.24. The Labute approximate surface area is 83.2 Å². The summed E-state index contributed by atoms with van der Waals surface area (Å²) in [6.07, 6.45) is 0. The molecule has 0 amide bonds. The van der Waals surface area contributed by atoms with Crippen LogP contribution in [0.1, 0.15) is 1.37 Å². The second-order valence-corrected chi connectivity index (χ2v) is 4.01. The molecule has 62 valence electrons. The van der Waals surface area contributed by atoms with Crippen LogP contribution < -0.4 is 0 Å². The fourth-order valence-electron chi connectivity index (χ4n) is 0.729. The van der Waals surface area contributed by atoms with Crippen LogP contribution in [0.15, 0.2) is 58.0 Å². The number of thioether (sulfide) groups is 2. The van der Waals surface area contributed by atoms with Crippen molar-refractivity contribution in [3.8, 4) is 0 Å². The molecule has 0 fully saturated rings. The van der Waals surface area contributed by atoms with Crippen LogP contribution in [-0.4, -0.2) is 0 Å². The van der Waals surface area contributed by atoms with Crippen molar-refractivity contribution in [2.45, 2.75) is 9.79 Å². The van der Waals surface area contributed by atoms with Crippen LogP contribution >= 0.6 is 23.5 Å². The molecule has 0 bridgehead atoms. The van der Waals surface area contributed by atoms with Gasteiger partial charge in [0.25, 0.3) is 0 Å². The van der Waals surface area contributed by atoms with Gasteiger partial charge < -0.3 is 0 Å². The van der Waals surface area contributed by atoms with Gasteiger partial charge in [0.15, 0.2) is 0 Å². The first-order chi connectivity index (χ1) is 6.27. The molecule has 2 heteroatoms. The van der Waals surface area contributed by atoms with Gasteiger partial charge in [-0.25, -0.2) is 0 Å². The molecule has 1 rings (SSSR count). The Hall–Kier alpha value is -0.600. The molecule has 0 spiro atoms. The topological polar surface area (TPSA) is 0 Å². The summed E-state index contributed by atoms with van der Waals surface area (Å²) in [6, 6.07) is 6.28. The monoisotopic (exact) mass is 195 g/mol. The van der Waals surface area contributed by atoms with Crippen molar-refractivity contribution in [1.29, 1.82) is 0 Å². The molecule has 0 nitrogen and oxygen atoms in total. The van der Waals surface area contributed by atoms with E-state index in [1.165, 1.54) is 23.5 Å². The van der Waals surface area contributed by atoms with E-state index >= 15 is 0 Å². The SMILES string of the molecule is [2H]c1cc(SC=C)ccc1SC=C. The van der Waals surface area contributed by atoms with Crippen LogP contribution in [0.3, 0.4) is 0 Å². The molecular formula is C10H10S2. The lowest BCUT2D eigenvalue weighted by atomic mass is 10.4.